The first kappa shape index (κ1) is 22.9. The van der Waals surface area contributed by atoms with Gasteiger partial charge in [-0.15, -0.1) is 0 Å². The van der Waals surface area contributed by atoms with Crippen LogP contribution in [-0.2, 0) is 4.79 Å². The number of non-ortho nitro benzene ring substituents is 1. The fourth-order valence-electron chi connectivity index (χ4n) is 3.13. The zero-order valence-electron chi connectivity index (χ0n) is 17.4. The number of nitrogens with one attached hydrogen (secondary N) is 2. The van der Waals surface area contributed by atoms with Gasteiger partial charge in [-0.25, -0.2) is 0 Å². The molecule has 0 saturated heterocycles. The van der Waals surface area contributed by atoms with Gasteiger partial charge in [-0.2, -0.15) is 0 Å². The third-order valence-electron chi connectivity index (χ3n) is 4.48. The largest absolute Gasteiger partial charge is 0.321 e. The molecule has 8 heteroatoms. The molecule has 0 spiro atoms. The highest BCUT2D eigenvalue weighted by Gasteiger charge is 2.17. The number of carbonyl (C=O) groups is 2. The summed E-state index contributed by atoms with van der Waals surface area (Å²) < 4.78 is 0.571. The molecule has 0 unspecified atom stereocenters. The number of halogens is 1. The first-order valence-electron chi connectivity index (χ1n) is 9.64. The molecule has 32 heavy (non-hydrogen) atoms. The number of carbonyl (C=O) groups excluding carboxylic acids is 2. The van der Waals surface area contributed by atoms with Gasteiger partial charge in [0.1, 0.15) is 5.70 Å². The Labute approximate surface area is 193 Å². The minimum absolute atomic E-state index is 0.0505. The quantitative estimate of drug-likeness (QED) is 0.273. The van der Waals surface area contributed by atoms with E-state index in [0.29, 0.717) is 21.3 Å². The maximum atomic E-state index is 13.1. The van der Waals surface area contributed by atoms with E-state index in [1.165, 1.54) is 24.3 Å². The molecule has 0 atom stereocenters. The maximum absolute atomic E-state index is 13.1. The number of anilines is 1. The van der Waals surface area contributed by atoms with Crippen molar-refractivity contribution in [1.29, 1.82) is 0 Å². The van der Waals surface area contributed by atoms with Crippen LogP contribution in [0.15, 0.2) is 76.9 Å². The Morgan fingerprint density at radius 3 is 2.31 bits per heavy atom. The predicted octanol–water partition coefficient (Wildman–Crippen LogP) is 5.38. The van der Waals surface area contributed by atoms with Gasteiger partial charge < -0.3 is 10.6 Å². The zero-order chi connectivity index (χ0) is 23.3. The SMILES string of the molecule is Cc1cc(C)cc(NC(=O)C(=Cc2cccc([N+](=O)[O-])c2)NC(=O)c2ccccc2Br)c1. The monoisotopic (exact) mass is 493 g/mol. The molecule has 0 aliphatic heterocycles. The van der Waals surface area contributed by atoms with Crippen LogP contribution in [-0.4, -0.2) is 16.7 Å². The summed E-state index contributed by atoms with van der Waals surface area (Å²) in [6, 6.07) is 18.2. The van der Waals surface area contributed by atoms with Crippen LogP contribution >= 0.6 is 15.9 Å². The summed E-state index contributed by atoms with van der Waals surface area (Å²) in [5.41, 5.74) is 3.10. The highest BCUT2D eigenvalue weighted by molar-refractivity contribution is 9.10. The molecule has 0 heterocycles. The molecule has 0 radical (unpaired) electrons. The molecule has 3 aromatic rings. The first-order chi connectivity index (χ1) is 15.2. The molecule has 0 saturated carbocycles. The number of nitrogens with zero attached hydrogens (tertiary/aromatic N) is 1. The van der Waals surface area contributed by atoms with Gasteiger partial charge in [-0.05, 0) is 76.8 Å². The summed E-state index contributed by atoms with van der Waals surface area (Å²) in [6.07, 6.45) is 1.40. The number of hydrogen-bond donors (Lipinski definition) is 2. The smallest absolute Gasteiger partial charge is 0.272 e. The number of rotatable bonds is 6. The van der Waals surface area contributed by atoms with Crippen molar-refractivity contribution in [1.82, 2.24) is 5.32 Å². The summed E-state index contributed by atoms with van der Waals surface area (Å²) in [5, 5.41) is 16.5. The summed E-state index contributed by atoms with van der Waals surface area (Å²) in [4.78, 5) is 36.5. The van der Waals surface area contributed by atoms with Crippen molar-refractivity contribution >= 4 is 45.2 Å². The molecule has 2 N–H and O–H groups in total. The topological polar surface area (TPSA) is 101 Å². The molecule has 3 aromatic carbocycles. The van der Waals surface area contributed by atoms with Crippen LogP contribution in [0.2, 0.25) is 0 Å². The molecule has 3 rings (SSSR count). The van der Waals surface area contributed by atoms with Crippen LogP contribution < -0.4 is 10.6 Å². The number of benzene rings is 3. The fourth-order valence-corrected chi connectivity index (χ4v) is 3.60. The van der Waals surface area contributed by atoms with Gasteiger partial charge in [0.05, 0.1) is 10.5 Å². The van der Waals surface area contributed by atoms with E-state index >= 15 is 0 Å². The van der Waals surface area contributed by atoms with Crippen molar-refractivity contribution in [3.8, 4) is 0 Å². The lowest BCUT2D eigenvalue weighted by Crippen LogP contribution is -2.31. The number of aryl methyl sites for hydroxylation is 2. The van der Waals surface area contributed by atoms with E-state index in [-0.39, 0.29) is 11.4 Å². The van der Waals surface area contributed by atoms with Crippen molar-refractivity contribution < 1.29 is 14.5 Å². The summed E-state index contributed by atoms with van der Waals surface area (Å²) in [7, 11) is 0. The first-order valence-corrected chi connectivity index (χ1v) is 10.4. The van der Waals surface area contributed by atoms with Gasteiger partial charge in [0.25, 0.3) is 17.5 Å². The van der Waals surface area contributed by atoms with Crippen molar-refractivity contribution in [2.24, 2.45) is 0 Å². The van der Waals surface area contributed by atoms with Crippen LogP contribution in [0.4, 0.5) is 11.4 Å². The Kier molecular flexibility index (Phi) is 7.17. The Morgan fingerprint density at radius 2 is 1.66 bits per heavy atom. The molecule has 162 valence electrons. The minimum atomic E-state index is -0.554. The molecular weight excluding hydrogens is 474 g/mol. The second kappa shape index (κ2) is 10.0. The lowest BCUT2D eigenvalue weighted by Gasteiger charge is -2.13. The maximum Gasteiger partial charge on any atom is 0.272 e. The van der Waals surface area contributed by atoms with Crippen molar-refractivity contribution in [3.05, 3.63) is 109 Å². The van der Waals surface area contributed by atoms with Gasteiger partial charge in [-0.3, -0.25) is 19.7 Å². The summed E-state index contributed by atoms with van der Waals surface area (Å²) in [6.45, 7) is 3.83. The van der Waals surface area contributed by atoms with Gasteiger partial charge in [0.15, 0.2) is 0 Å². The van der Waals surface area contributed by atoms with Gasteiger partial charge in [-0.1, -0.05) is 30.3 Å². The van der Waals surface area contributed by atoms with Gasteiger partial charge in [0, 0.05) is 22.3 Å². The van der Waals surface area contributed by atoms with Gasteiger partial charge in [0.2, 0.25) is 0 Å². The fraction of sp³-hybridized carbons (Fsp3) is 0.0833. The van der Waals surface area contributed by atoms with Crippen LogP contribution in [0.25, 0.3) is 6.08 Å². The average Bonchev–Trinajstić information content (AvgIpc) is 2.73. The number of nitro groups is 1. The highest BCUT2D eigenvalue weighted by Crippen LogP contribution is 2.19. The molecule has 0 aliphatic rings. The summed E-state index contributed by atoms with van der Waals surface area (Å²) >= 11 is 3.33. The molecular formula is C24H20BrN3O4. The second-order valence-electron chi connectivity index (χ2n) is 7.17. The third-order valence-corrected chi connectivity index (χ3v) is 5.17. The number of amides is 2. The van der Waals surface area contributed by atoms with E-state index in [9.17, 15) is 19.7 Å². The minimum Gasteiger partial charge on any atom is -0.321 e. The normalized spacial score (nSPS) is 11.0. The van der Waals surface area contributed by atoms with Crippen LogP contribution in [0.3, 0.4) is 0 Å². The van der Waals surface area contributed by atoms with Gasteiger partial charge >= 0.3 is 0 Å². The highest BCUT2D eigenvalue weighted by atomic mass is 79.9. The Bertz CT molecular complexity index is 1220. The molecule has 0 bridgehead atoms. The van der Waals surface area contributed by atoms with E-state index in [2.05, 4.69) is 26.6 Å². The molecule has 7 nitrogen and oxygen atoms in total. The molecule has 0 aliphatic carbocycles. The Morgan fingerprint density at radius 1 is 0.969 bits per heavy atom. The van der Waals surface area contributed by atoms with Crippen molar-refractivity contribution in [2.75, 3.05) is 5.32 Å². The van der Waals surface area contributed by atoms with Crippen molar-refractivity contribution in [2.45, 2.75) is 13.8 Å². The second-order valence-corrected chi connectivity index (χ2v) is 8.03. The van der Waals surface area contributed by atoms with E-state index in [0.717, 1.165) is 11.1 Å². The van der Waals surface area contributed by atoms with Crippen LogP contribution in [0.5, 0.6) is 0 Å². The Hall–Kier alpha value is -3.78. The molecule has 2 amide bonds. The van der Waals surface area contributed by atoms with E-state index in [1.807, 2.05) is 32.0 Å². The number of hydrogen-bond acceptors (Lipinski definition) is 4. The average molecular weight is 494 g/mol. The molecule has 0 fully saturated rings. The lowest BCUT2D eigenvalue weighted by molar-refractivity contribution is -0.384. The van der Waals surface area contributed by atoms with E-state index < -0.39 is 16.7 Å². The number of nitro benzene ring substituents is 1. The zero-order valence-corrected chi connectivity index (χ0v) is 19.0. The Balaban J connectivity index is 1.97. The van der Waals surface area contributed by atoms with E-state index in [4.69, 9.17) is 0 Å². The predicted molar refractivity (Wildman–Crippen MR) is 127 cm³/mol. The third kappa shape index (κ3) is 5.89. The van der Waals surface area contributed by atoms with Crippen molar-refractivity contribution in [3.63, 3.8) is 0 Å². The van der Waals surface area contributed by atoms with Crippen LogP contribution in [0.1, 0.15) is 27.0 Å². The standard InChI is InChI=1S/C24H20BrN3O4/c1-15-10-16(2)12-18(11-15)26-24(30)22(14-17-6-5-7-19(13-17)28(31)32)27-23(29)20-8-3-4-9-21(20)25/h3-14H,1-2H3,(H,26,30)(H,27,29). The lowest BCUT2D eigenvalue weighted by atomic mass is 10.1. The van der Waals surface area contributed by atoms with E-state index in [1.54, 1.807) is 30.3 Å². The molecule has 0 aromatic heterocycles. The summed E-state index contributed by atoms with van der Waals surface area (Å²) in [5.74, 6) is -1.05. The van der Waals surface area contributed by atoms with Crippen LogP contribution in [0, 0.1) is 24.0 Å².